The van der Waals surface area contributed by atoms with Gasteiger partial charge >= 0.3 is 0 Å². The molecule has 0 unspecified atom stereocenters. The second-order valence-corrected chi connectivity index (χ2v) is 7.37. The Balaban J connectivity index is 2.37. The highest BCUT2D eigenvalue weighted by atomic mass is 15.0. The maximum absolute atomic E-state index is 6.02. The summed E-state index contributed by atoms with van der Waals surface area (Å²) in [7, 11) is 0. The first-order chi connectivity index (χ1) is 9.18. The Hall–Kier alpha value is -1.77. The summed E-state index contributed by atoms with van der Waals surface area (Å²) in [5.41, 5.74) is 8.21. The first-order valence-corrected chi connectivity index (χ1v) is 7.08. The van der Waals surface area contributed by atoms with Crippen molar-refractivity contribution in [3.8, 4) is 0 Å². The van der Waals surface area contributed by atoms with Crippen LogP contribution in [0.5, 0.6) is 0 Å². The van der Waals surface area contributed by atoms with Gasteiger partial charge < -0.3 is 11.1 Å². The van der Waals surface area contributed by atoms with Crippen molar-refractivity contribution in [3.05, 3.63) is 30.6 Å². The summed E-state index contributed by atoms with van der Waals surface area (Å²) >= 11 is 0. The standard InChI is InChI=1S/C17H25N3/c1-16(2,3)11-17(4,5)20-15-7-6-14(18)13-10-19-9-8-12(13)15/h6-10,20H,11,18H2,1-5H3. The van der Waals surface area contributed by atoms with Gasteiger partial charge in [-0.1, -0.05) is 20.8 Å². The fourth-order valence-electron chi connectivity index (χ4n) is 3.06. The summed E-state index contributed by atoms with van der Waals surface area (Å²) < 4.78 is 0. The molecule has 0 aliphatic heterocycles. The second kappa shape index (κ2) is 4.97. The molecule has 0 saturated carbocycles. The average Bonchev–Trinajstić information content (AvgIpc) is 2.30. The molecule has 0 atom stereocenters. The summed E-state index contributed by atoms with van der Waals surface area (Å²) in [6.07, 6.45) is 4.72. The molecule has 108 valence electrons. The minimum Gasteiger partial charge on any atom is -0.398 e. The Morgan fingerprint density at radius 3 is 2.40 bits per heavy atom. The van der Waals surface area contributed by atoms with Crippen LogP contribution in [-0.2, 0) is 0 Å². The van der Waals surface area contributed by atoms with E-state index in [1.807, 2.05) is 24.5 Å². The van der Waals surface area contributed by atoms with Crippen molar-refractivity contribution in [1.29, 1.82) is 0 Å². The molecule has 0 amide bonds. The number of nitrogens with two attached hydrogens (primary N) is 1. The van der Waals surface area contributed by atoms with Gasteiger partial charge in [0.1, 0.15) is 0 Å². The van der Waals surface area contributed by atoms with Crippen LogP contribution in [-0.4, -0.2) is 10.5 Å². The lowest BCUT2D eigenvalue weighted by molar-refractivity contribution is 0.302. The van der Waals surface area contributed by atoms with Gasteiger partial charge in [0.05, 0.1) is 0 Å². The van der Waals surface area contributed by atoms with Crippen molar-refractivity contribution in [2.45, 2.75) is 46.6 Å². The molecular formula is C17H25N3. The fourth-order valence-corrected chi connectivity index (χ4v) is 3.06. The predicted molar refractivity (Wildman–Crippen MR) is 87.9 cm³/mol. The van der Waals surface area contributed by atoms with Crippen LogP contribution in [0.2, 0.25) is 0 Å². The Bertz CT molecular complexity index is 609. The van der Waals surface area contributed by atoms with E-state index in [-0.39, 0.29) is 11.0 Å². The number of rotatable bonds is 3. The molecule has 3 heteroatoms. The van der Waals surface area contributed by atoms with E-state index < -0.39 is 0 Å². The summed E-state index contributed by atoms with van der Waals surface area (Å²) in [6, 6.07) is 6.02. The normalized spacial score (nSPS) is 12.7. The van der Waals surface area contributed by atoms with Crippen molar-refractivity contribution in [3.63, 3.8) is 0 Å². The highest BCUT2D eigenvalue weighted by molar-refractivity contribution is 6.00. The van der Waals surface area contributed by atoms with Gasteiger partial charge in [-0.05, 0) is 43.9 Å². The lowest BCUT2D eigenvalue weighted by atomic mass is 9.81. The first-order valence-electron chi connectivity index (χ1n) is 7.08. The SMILES string of the molecule is CC(C)(C)CC(C)(C)Nc1ccc(N)c2cnccc12. The highest BCUT2D eigenvalue weighted by Crippen LogP contribution is 2.33. The maximum Gasteiger partial charge on any atom is 0.0426 e. The zero-order valence-electron chi connectivity index (χ0n) is 13.1. The third-order valence-corrected chi connectivity index (χ3v) is 3.30. The van der Waals surface area contributed by atoms with E-state index in [1.54, 1.807) is 0 Å². The predicted octanol–water partition coefficient (Wildman–Crippen LogP) is 4.44. The van der Waals surface area contributed by atoms with Crippen molar-refractivity contribution in [1.82, 2.24) is 4.98 Å². The van der Waals surface area contributed by atoms with E-state index in [1.165, 1.54) is 0 Å². The molecule has 0 bridgehead atoms. The monoisotopic (exact) mass is 271 g/mol. The van der Waals surface area contributed by atoms with Crippen molar-refractivity contribution in [2.75, 3.05) is 11.1 Å². The van der Waals surface area contributed by atoms with Gasteiger partial charge in [0.15, 0.2) is 0 Å². The lowest BCUT2D eigenvalue weighted by Crippen LogP contribution is -2.35. The largest absolute Gasteiger partial charge is 0.398 e. The number of nitrogens with one attached hydrogen (secondary N) is 1. The van der Waals surface area contributed by atoms with Crippen LogP contribution in [0.15, 0.2) is 30.6 Å². The molecule has 1 aromatic heterocycles. The Morgan fingerprint density at radius 2 is 1.75 bits per heavy atom. The number of anilines is 2. The van der Waals surface area contributed by atoms with Gasteiger partial charge in [0.2, 0.25) is 0 Å². The molecule has 0 radical (unpaired) electrons. The van der Waals surface area contributed by atoms with Crippen molar-refractivity contribution >= 4 is 22.1 Å². The number of aromatic nitrogens is 1. The summed E-state index contributed by atoms with van der Waals surface area (Å²) in [5.74, 6) is 0. The number of hydrogen-bond donors (Lipinski definition) is 2. The average molecular weight is 271 g/mol. The van der Waals surface area contributed by atoms with Crippen molar-refractivity contribution in [2.24, 2.45) is 5.41 Å². The van der Waals surface area contributed by atoms with E-state index >= 15 is 0 Å². The number of pyridine rings is 1. The van der Waals surface area contributed by atoms with E-state index in [4.69, 9.17) is 5.73 Å². The van der Waals surface area contributed by atoms with Gasteiger partial charge in [0, 0.05) is 40.1 Å². The Labute approximate surface area is 121 Å². The molecule has 3 N–H and O–H groups in total. The Morgan fingerprint density at radius 1 is 1.05 bits per heavy atom. The van der Waals surface area contributed by atoms with Crippen LogP contribution in [0, 0.1) is 5.41 Å². The molecule has 1 aromatic carbocycles. The lowest BCUT2D eigenvalue weighted by Gasteiger charge is -2.34. The Kier molecular flexibility index (Phi) is 3.63. The maximum atomic E-state index is 6.02. The molecule has 0 aliphatic carbocycles. The van der Waals surface area contributed by atoms with Gasteiger partial charge in [-0.15, -0.1) is 0 Å². The number of benzene rings is 1. The number of nitrogens with zero attached hydrogens (tertiary/aromatic N) is 1. The van der Waals surface area contributed by atoms with Crippen molar-refractivity contribution < 1.29 is 0 Å². The number of hydrogen-bond acceptors (Lipinski definition) is 3. The molecule has 0 spiro atoms. The third-order valence-electron chi connectivity index (χ3n) is 3.30. The van der Waals surface area contributed by atoms with Crippen LogP contribution in [0.3, 0.4) is 0 Å². The van der Waals surface area contributed by atoms with Gasteiger partial charge in [-0.3, -0.25) is 4.98 Å². The van der Waals surface area contributed by atoms with E-state index in [0.29, 0.717) is 0 Å². The molecule has 0 saturated heterocycles. The summed E-state index contributed by atoms with van der Waals surface area (Å²) in [6.45, 7) is 11.3. The van der Waals surface area contributed by atoms with Crippen LogP contribution in [0.1, 0.15) is 41.0 Å². The zero-order chi connectivity index (χ0) is 15.0. The number of nitrogen functional groups attached to an aromatic ring is 1. The molecule has 2 aromatic rings. The molecule has 3 nitrogen and oxygen atoms in total. The van der Waals surface area contributed by atoms with Crippen LogP contribution < -0.4 is 11.1 Å². The molecule has 0 aliphatic rings. The molecule has 2 rings (SSSR count). The highest BCUT2D eigenvalue weighted by Gasteiger charge is 2.25. The molecule has 1 heterocycles. The minimum atomic E-state index is 0.0184. The van der Waals surface area contributed by atoms with E-state index in [9.17, 15) is 0 Å². The van der Waals surface area contributed by atoms with Crippen LogP contribution in [0.4, 0.5) is 11.4 Å². The van der Waals surface area contributed by atoms with Crippen LogP contribution in [0.25, 0.3) is 10.8 Å². The first kappa shape index (κ1) is 14.6. The minimum absolute atomic E-state index is 0.0184. The third kappa shape index (κ3) is 3.41. The quantitative estimate of drug-likeness (QED) is 0.811. The second-order valence-electron chi connectivity index (χ2n) is 7.37. The van der Waals surface area contributed by atoms with E-state index in [2.05, 4.69) is 51.0 Å². The van der Waals surface area contributed by atoms with E-state index in [0.717, 1.165) is 28.6 Å². The number of fused-ring (bicyclic) bond motifs is 1. The molecular weight excluding hydrogens is 246 g/mol. The van der Waals surface area contributed by atoms with Gasteiger partial charge in [-0.25, -0.2) is 0 Å². The van der Waals surface area contributed by atoms with Gasteiger partial charge in [0.25, 0.3) is 0 Å². The molecule has 20 heavy (non-hydrogen) atoms. The molecule has 0 fully saturated rings. The smallest absolute Gasteiger partial charge is 0.0426 e. The summed E-state index contributed by atoms with van der Waals surface area (Å²) in [4.78, 5) is 4.16. The zero-order valence-corrected chi connectivity index (χ0v) is 13.1. The van der Waals surface area contributed by atoms with Gasteiger partial charge in [-0.2, -0.15) is 0 Å². The fraction of sp³-hybridized carbons (Fsp3) is 0.471. The van der Waals surface area contributed by atoms with Crippen LogP contribution >= 0.6 is 0 Å². The topological polar surface area (TPSA) is 50.9 Å². The summed E-state index contributed by atoms with van der Waals surface area (Å²) in [5, 5.41) is 5.79.